The van der Waals surface area contributed by atoms with Gasteiger partial charge in [-0.3, -0.25) is 4.79 Å². The quantitative estimate of drug-likeness (QED) is 0.596. The van der Waals surface area contributed by atoms with E-state index in [2.05, 4.69) is 27.2 Å². The summed E-state index contributed by atoms with van der Waals surface area (Å²) in [5.41, 5.74) is 7.77. The van der Waals surface area contributed by atoms with E-state index in [4.69, 9.17) is 0 Å². The Bertz CT molecular complexity index is 806. The molecule has 1 aromatic carbocycles. The Balaban J connectivity index is 1.68. The lowest BCUT2D eigenvalue weighted by Gasteiger charge is -2.10. The maximum Gasteiger partial charge on any atom is 0.273 e. The molecule has 2 aromatic rings. The molecule has 0 radical (unpaired) electrons. The van der Waals surface area contributed by atoms with Gasteiger partial charge in [-0.1, -0.05) is 63.1 Å². The van der Waals surface area contributed by atoms with Crippen LogP contribution in [0.1, 0.15) is 92.4 Å². The largest absolute Gasteiger partial charge is 0.318 e. The van der Waals surface area contributed by atoms with Crippen LogP contribution in [0.4, 0.5) is 0 Å². The highest BCUT2D eigenvalue weighted by Gasteiger charge is 2.16. The molecule has 1 aromatic heterocycles. The molecule has 0 spiro atoms. The third kappa shape index (κ3) is 6.06. The van der Waals surface area contributed by atoms with Crippen LogP contribution in [0.15, 0.2) is 41.5 Å². The molecule has 0 atom stereocenters. The van der Waals surface area contributed by atoms with Crippen molar-refractivity contribution in [2.24, 2.45) is 5.10 Å². The first kappa shape index (κ1) is 21.4. The molecule has 1 amide bonds. The predicted octanol–water partition coefficient (Wildman–Crippen LogP) is 6.48. The SMILES string of the molecule is Cc1cc(C(=O)NN=C2CCCCCCCCCCC2)c(C)n1-c1ccccc1. The molecule has 1 saturated carbocycles. The van der Waals surface area contributed by atoms with E-state index in [1.54, 1.807) is 0 Å². The minimum absolute atomic E-state index is 0.112. The van der Waals surface area contributed by atoms with E-state index in [1.807, 2.05) is 38.1 Å². The van der Waals surface area contributed by atoms with Crippen LogP contribution in [0, 0.1) is 13.8 Å². The summed E-state index contributed by atoms with van der Waals surface area (Å²) in [5, 5.41) is 4.55. The Morgan fingerprint density at radius 3 is 2.00 bits per heavy atom. The van der Waals surface area contributed by atoms with Gasteiger partial charge in [-0.2, -0.15) is 5.10 Å². The van der Waals surface area contributed by atoms with Crippen LogP contribution in [0.25, 0.3) is 5.69 Å². The minimum Gasteiger partial charge on any atom is -0.318 e. The van der Waals surface area contributed by atoms with Crippen molar-refractivity contribution in [3.8, 4) is 5.69 Å². The van der Waals surface area contributed by atoms with Gasteiger partial charge in [-0.25, -0.2) is 5.43 Å². The first-order valence-electron chi connectivity index (χ1n) is 11.3. The van der Waals surface area contributed by atoms with E-state index in [9.17, 15) is 4.79 Å². The number of nitrogens with zero attached hydrogens (tertiary/aromatic N) is 2. The molecule has 3 rings (SSSR count). The van der Waals surface area contributed by atoms with Crippen molar-refractivity contribution in [1.82, 2.24) is 9.99 Å². The molecule has 1 aliphatic rings. The highest BCUT2D eigenvalue weighted by Crippen LogP contribution is 2.21. The summed E-state index contributed by atoms with van der Waals surface area (Å²) in [6.07, 6.45) is 13.7. The summed E-state index contributed by atoms with van der Waals surface area (Å²) in [6.45, 7) is 4.04. The van der Waals surface area contributed by atoms with Crippen LogP contribution in [0.2, 0.25) is 0 Å². The van der Waals surface area contributed by atoms with Crippen molar-refractivity contribution in [3.63, 3.8) is 0 Å². The Morgan fingerprint density at radius 1 is 0.862 bits per heavy atom. The van der Waals surface area contributed by atoms with Crippen molar-refractivity contribution < 1.29 is 4.79 Å². The zero-order chi connectivity index (χ0) is 20.5. The van der Waals surface area contributed by atoms with Gasteiger partial charge in [0.2, 0.25) is 0 Å². The highest BCUT2D eigenvalue weighted by atomic mass is 16.2. The van der Waals surface area contributed by atoms with E-state index in [0.29, 0.717) is 5.56 Å². The maximum absolute atomic E-state index is 12.9. The summed E-state index contributed by atoms with van der Waals surface area (Å²) in [5.74, 6) is -0.112. The lowest BCUT2D eigenvalue weighted by Crippen LogP contribution is -2.20. The predicted molar refractivity (Wildman–Crippen MR) is 121 cm³/mol. The molecular formula is C25H35N3O. The molecule has 1 heterocycles. The van der Waals surface area contributed by atoms with E-state index in [0.717, 1.165) is 35.6 Å². The number of carbonyl (C=O) groups excluding carboxylic acids is 1. The highest BCUT2D eigenvalue weighted by molar-refractivity contribution is 5.97. The Hall–Kier alpha value is -2.36. The van der Waals surface area contributed by atoms with E-state index < -0.39 is 0 Å². The van der Waals surface area contributed by atoms with Crippen molar-refractivity contribution >= 4 is 11.6 Å². The van der Waals surface area contributed by atoms with Gasteiger partial charge in [-0.05, 0) is 57.7 Å². The third-order valence-electron chi connectivity index (χ3n) is 5.94. The number of hydrazone groups is 1. The van der Waals surface area contributed by atoms with Crippen LogP contribution >= 0.6 is 0 Å². The van der Waals surface area contributed by atoms with Crippen LogP contribution in [0.5, 0.6) is 0 Å². The third-order valence-corrected chi connectivity index (χ3v) is 5.94. The monoisotopic (exact) mass is 393 g/mol. The van der Waals surface area contributed by atoms with E-state index >= 15 is 0 Å². The molecule has 156 valence electrons. The van der Waals surface area contributed by atoms with Crippen LogP contribution in [-0.4, -0.2) is 16.2 Å². The lowest BCUT2D eigenvalue weighted by atomic mass is 10.00. The molecule has 1 fully saturated rings. The van der Waals surface area contributed by atoms with Crippen molar-refractivity contribution in [1.29, 1.82) is 0 Å². The summed E-state index contributed by atoms with van der Waals surface area (Å²) in [7, 11) is 0. The van der Waals surface area contributed by atoms with Gasteiger partial charge in [-0.15, -0.1) is 0 Å². The number of para-hydroxylation sites is 1. The second-order valence-electron chi connectivity index (χ2n) is 8.26. The van der Waals surface area contributed by atoms with E-state index in [1.165, 1.54) is 57.8 Å². The number of hydrogen-bond acceptors (Lipinski definition) is 2. The van der Waals surface area contributed by atoms with Gasteiger partial charge in [0, 0.05) is 22.8 Å². The Kier molecular flexibility index (Phi) is 8.09. The molecule has 4 nitrogen and oxygen atoms in total. The van der Waals surface area contributed by atoms with Crippen LogP contribution in [0.3, 0.4) is 0 Å². The first-order valence-corrected chi connectivity index (χ1v) is 11.3. The van der Waals surface area contributed by atoms with Gasteiger partial charge in [0.15, 0.2) is 0 Å². The molecule has 0 saturated heterocycles. The normalized spacial score (nSPS) is 16.6. The van der Waals surface area contributed by atoms with Crippen molar-refractivity contribution in [3.05, 3.63) is 53.3 Å². The molecule has 4 heteroatoms. The summed E-state index contributed by atoms with van der Waals surface area (Å²) in [6, 6.07) is 12.1. The van der Waals surface area contributed by atoms with Crippen LogP contribution < -0.4 is 5.43 Å². The number of amides is 1. The smallest absolute Gasteiger partial charge is 0.273 e. The Morgan fingerprint density at radius 2 is 1.41 bits per heavy atom. The van der Waals surface area contributed by atoms with Gasteiger partial charge in [0.05, 0.1) is 5.56 Å². The summed E-state index contributed by atoms with van der Waals surface area (Å²) in [4.78, 5) is 12.9. The number of nitrogens with one attached hydrogen (secondary N) is 1. The summed E-state index contributed by atoms with van der Waals surface area (Å²) >= 11 is 0. The molecule has 0 aliphatic heterocycles. The Labute approximate surface area is 175 Å². The summed E-state index contributed by atoms with van der Waals surface area (Å²) < 4.78 is 2.12. The fraction of sp³-hybridized carbons (Fsp3) is 0.520. The fourth-order valence-corrected chi connectivity index (χ4v) is 4.29. The second kappa shape index (κ2) is 11.0. The number of aromatic nitrogens is 1. The van der Waals surface area contributed by atoms with Crippen LogP contribution in [-0.2, 0) is 0 Å². The number of hydrogen-bond donors (Lipinski definition) is 1. The standard InChI is InChI=1S/C25H35N3O/c1-20-19-24(21(2)28(20)23-17-13-10-14-18-23)25(29)27-26-22-15-11-8-6-4-3-5-7-9-12-16-22/h10,13-14,17-19H,3-9,11-12,15-16H2,1-2H3,(H,27,29). The number of rotatable bonds is 3. The van der Waals surface area contributed by atoms with Gasteiger partial charge >= 0.3 is 0 Å². The van der Waals surface area contributed by atoms with Gasteiger partial charge in [0.1, 0.15) is 0 Å². The molecular weight excluding hydrogens is 358 g/mol. The number of benzene rings is 1. The number of carbonyl (C=O) groups is 1. The number of aryl methyl sites for hydroxylation is 1. The average Bonchev–Trinajstić information content (AvgIpc) is 3.02. The van der Waals surface area contributed by atoms with E-state index in [-0.39, 0.29) is 5.91 Å². The fourth-order valence-electron chi connectivity index (χ4n) is 4.29. The topological polar surface area (TPSA) is 46.4 Å². The zero-order valence-electron chi connectivity index (χ0n) is 18.0. The van der Waals surface area contributed by atoms with Gasteiger partial charge < -0.3 is 4.57 Å². The molecule has 1 aliphatic carbocycles. The van der Waals surface area contributed by atoms with Crippen molar-refractivity contribution in [2.75, 3.05) is 0 Å². The molecule has 29 heavy (non-hydrogen) atoms. The lowest BCUT2D eigenvalue weighted by molar-refractivity contribution is 0.0954. The van der Waals surface area contributed by atoms with Gasteiger partial charge in [0.25, 0.3) is 5.91 Å². The molecule has 0 bridgehead atoms. The first-order chi connectivity index (χ1) is 14.2. The zero-order valence-corrected chi connectivity index (χ0v) is 18.0. The maximum atomic E-state index is 12.9. The average molecular weight is 394 g/mol. The molecule has 0 unspecified atom stereocenters. The molecule has 1 N–H and O–H groups in total. The second-order valence-corrected chi connectivity index (χ2v) is 8.26. The minimum atomic E-state index is -0.112. The van der Waals surface area contributed by atoms with Crippen molar-refractivity contribution in [2.45, 2.75) is 84.5 Å².